The Kier molecular flexibility index (Phi) is 7.14. The van der Waals surface area contributed by atoms with Crippen LogP contribution in [0.25, 0.3) is 0 Å². The fourth-order valence-electron chi connectivity index (χ4n) is 2.02. The number of hydrogen-bond acceptors (Lipinski definition) is 6. The molecule has 0 bridgehead atoms. The van der Waals surface area contributed by atoms with Crippen LogP contribution in [0.3, 0.4) is 0 Å². The van der Waals surface area contributed by atoms with E-state index in [0.717, 1.165) is 28.2 Å². The third kappa shape index (κ3) is 6.61. The lowest BCUT2D eigenvalue weighted by atomic mass is 10.3. The second kappa shape index (κ2) is 9.01. The van der Waals surface area contributed by atoms with Gasteiger partial charge in [0.15, 0.2) is 0 Å². The summed E-state index contributed by atoms with van der Waals surface area (Å²) in [5.41, 5.74) is 0.303. The molecular formula is C17H18F3N3O4S2. The largest absolute Gasteiger partial charge is 0.573 e. The van der Waals surface area contributed by atoms with E-state index in [1.807, 2.05) is 0 Å². The van der Waals surface area contributed by atoms with Crippen LogP contribution in [0.2, 0.25) is 0 Å². The summed E-state index contributed by atoms with van der Waals surface area (Å²) in [6, 6.07) is 7.65. The van der Waals surface area contributed by atoms with E-state index >= 15 is 0 Å². The van der Waals surface area contributed by atoms with Crippen LogP contribution in [-0.4, -0.2) is 49.3 Å². The predicted molar refractivity (Wildman–Crippen MR) is 102 cm³/mol. The quantitative estimate of drug-likeness (QED) is 0.653. The Balaban J connectivity index is 1.97. The first kappa shape index (κ1) is 23.0. The van der Waals surface area contributed by atoms with Crippen molar-refractivity contribution < 1.29 is 31.1 Å². The molecule has 1 atom stereocenters. The number of pyridine rings is 1. The van der Waals surface area contributed by atoms with Gasteiger partial charge >= 0.3 is 6.36 Å². The Hall–Kier alpha value is -2.31. The Morgan fingerprint density at radius 3 is 2.28 bits per heavy atom. The molecule has 0 saturated carbocycles. The molecule has 7 nitrogen and oxygen atoms in total. The Morgan fingerprint density at radius 2 is 1.79 bits per heavy atom. The molecule has 0 unspecified atom stereocenters. The summed E-state index contributed by atoms with van der Waals surface area (Å²) < 4.78 is 65.3. The molecule has 29 heavy (non-hydrogen) atoms. The lowest BCUT2D eigenvalue weighted by Crippen LogP contribution is -2.23. The van der Waals surface area contributed by atoms with E-state index < -0.39 is 33.3 Å². The number of ether oxygens (including phenoxy) is 1. The molecule has 0 aliphatic heterocycles. The van der Waals surface area contributed by atoms with E-state index in [2.05, 4.69) is 15.0 Å². The number of nitrogens with zero attached hydrogens (tertiary/aromatic N) is 2. The van der Waals surface area contributed by atoms with Gasteiger partial charge in [-0.15, -0.1) is 13.2 Å². The average molecular weight is 449 g/mol. The summed E-state index contributed by atoms with van der Waals surface area (Å²) in [4.78, 5) is 16.4. The number of benzene rings is 1. The standard InChI is InChI=1S/C17H18F3N3O4S2/c1-11(28-15-9-8-14(10-21-15)29(25,26)23(2)3)16(24)22-12-4-6-13(7-5-12)27-17(18,19)20/h4-11H,1-3H3,(H,22,24)/t11-/m0/s1. The number of aromatic nitrogens is 1. The van der Waals surface area contributed by atoms with Gasteiger partial charge in [-0.05, 0) is 43.3 Å². The van der Waals surface area contributed by atoms with Crippen LogP contribution in [-0.2, 0) is 14.8 Å². The van der Waals surface area contributed by atoms with Crippen molar-refractivity contribution in [3.8, 4) is 5.75 Å². The zero-order chi connectivity index (χ0) is 21.8. The SMILES string of the molecule is C[C@H](Sc1ccc(S(=O)(=O)N(C)C)cn1)C(=O)Nc1ccc(OC(F)(F)F)cc1. The maximum Gasteiger partial charge on any atom is 0.573 e. The number of thioether (sulfide) groups is 1. The van der Waals surface area contributed by atoms with E-state index in [9.17, 15) is 26.4 Å². The van der Waals surface area contributed by atoms with Gasteiger partial charge in [-0.25, -0.2) is 17.7 Å². The van der Waals surface area contributed by atoms with E-state index in [1.54, 1.807) is 6.92 Å². The number of carbonyl (C=O) groups excluding carboxylic acids is 1. The number of halogens is 3. The van der Waals surface area contributed by atoms with Crippen LogP contribution in [0.4, 0.5) is 18.9 Å². The first-order chi connectivity index (χ1) is 13.4. The molecule has 12 heteroatoms. The average Bonchev–Trinajstić information content (AvgIpc) is 2.62. The number of nitrogens with one attached hydrogen (secondary N) is 1. The van der Waals surface area contributed by atoms with Crippen molar-refractivity contribution in [3.05, 3.63) is 42.6 Å². The molecule has 158 valence electrons. The molecule has 1 N–H and O–H groups in total. The number of anilines is 1. The van der Waals surface area contributed by atoms with E-state index in [0.29, 0.717) is 10.7 Å². The number of sulfonamides is 1. The van der Waals surface area contributed by atoms with E-state index in [-0.39, 0.29) is 4.90 Å². The van der Waals surface area contributed by atoms with Crippen molar-refractivity contribution in [1.29, 1.82) is 0 Å². The van der Waals surface area contributed by atoms with Gasteiger partial charge in [0.1, 0.15) is 10.6 Å². The van der Waals surface area contributed by atoms with Gasteiger partial charge in [0, 0.05) is 26.0 Å². The van der Waals surface area contributed by atoms with Crippen molar-refractivity contribution in [2.45, 2.75) is 28.5 Å². The van der Waals surface area contributed by atoms with Crippen LogP contribution < -0.4 is 10.1 Å². The van der Waals surface area contributed by atoms with Crippen LogP contribution in [0.5, 0.6) is 5.75 Å². The number of hydrogen-bond donors (Lipinski definition) is 1. The summed E-state index contributed by atoms with van der Waals surface area (Å²) in [7, 11) is -0.775. The Labute approximate surface area is 170 Å². The van der Waals surface area contributed by atoms with Gasteiger partial charge in [-0.2, -0.15) is 0 Å². The van der Waals surface area contributed by atoms with Gasteiger partial charge in [0.2, 0.25) is 15.9 Å². The molecule has 1 aromatic heterocycles. The van der Waals surface area contributed by atoms with Crippen molar-refractivity contribution in [3.63, 3.8) is 0 Å². The first-order valence-electron chi connectivity index (χ1n) is 8.10. The van der Waals surface area contributed by atoms with Crippen LogP contribution in [0, 0.1) is 0 Å². The predicted octanol–water partition coefficient (Wildman–Crippen LogP) is 3.35. The number of rotatable bonds is 7. The molecule has 0 saturated heterocycles. The lowest BCUT2D eigenvalue weighted by Gasteiger charge is -2.14. The third-order valence-corrected chi connectivity index (χ3v) is 6.36. The highest BCUT2D eigenvalue weighted by atomic mass is 32.2. The summed E-state index contributed by atoms with van der Waals surface area (Å²) in [6.07, 6.45) is -3.58. The molecule has 0 fully saturated rings. The molecular weight excluding hydrogens is 431 g/mol. The molecule has 1 heterocycles. The summed E-state index contributed by atoms with van der Waals surface area (Å²) >= 11 is 1.10. The second-order valence-electron chi connectivity index (χ2n) is 5.94. The normalized spacial score (nSPS) is 13.2. The van der Waals surface area contributed by atoms with Crippen LogP contribution in [0.15, 0.2) is 52.5 Å². The molecule has 0 spiro atoms. The highest BCUT2D eigenvalue weighted by molar-refractivity contribution is 8.00. The Morgan fingerprint density at radius 1 is 1.17 bits per heavy atom. The number of alkyl halides is 3. The van der Waals surface area contributed by atoms with Crippen LogP contribution >= 0.6 is 11.8 Å². The molecule has 2 rings (SSSR count). The minimum Gasteiger partial charge on any atom is -0.406 e. The lowest BCUT2D eigenvalue weighted by molar-refractivity contribution is -0.274. The van der Waals surface area contributed by atoms with E-state index in [4.69, 9.17) is 0 Å². The first-order valence-corrected chi connectivity index (χ1v) is 10.4. The van der Waals surface area contributed by atoms with Gasteiger partial charge in [0.25, 0.3) is 0 Å². The van der Waals surface area contributed by atoms with Crippen molar-refractivity contribution in [1.82, 2.24) is 9.29 Å². The van der Waals surface area contributed by atoms with Gasteiger partial charge in [-0.3, -0.25) is 4.79 Å². The zero-order valence-electron chi connectivity index (χ0n) is 15.6. The molecule has 0 radical (unpaired) electrons. The topological polar surface area (TPSA) is 88.6 Å². The third-order valence-electron chi connectivity index (χ3n) is 3.51. The van der Waals surface area contributed by atoms with Crippen molar-refractivity contribution in [2.24, 2.45) is 0 Å². The number of carbonyl (C=O) groups is 1. The van der Waals surface area contributed by atoms with E-state index in [1.165, 1.54) is 44.6 Å². The van der Waals surface area contributed by atoms with Gasteiger partial charge in [-0.1, -0.05) is 11.8 Å². The van der Waals surface area contributed by atoms with Crippen molar-refractivity contribution >= 4 is 33.4 Å². The minimum absolute atomic E-state index is 0.0325. The number of amides is 1. The van der Waals surface area contributed by atoms with Crippen LogP contribution in [0.1, 0.15) is 6.92 Å². The monoisotopic (exact) mass is 449 g/mol. The molecule has 1 amide bonds. The highest BCUT2D eigenvalue weighted by Gasteiger charge is 2.31. The molecule has 0 aliphatic carbocycles. The highest BCUT2D eigenvalue weighted by Crippen LogP contribution is 2.26. The van der Waals surface area contributed by atoms with Crippen molar-refractivity contribution in [2.75, 3.05) is 19.4 Å². The fraction of sp³-hybridized carbons (Fsp3) is 0.294. The zero-order valence-corrected chi connectivity index (χ0v) is 17.2. The molecule has 0 aliphatic rings. The smallest absolute Gasteiger partial charge is 0.406 e. The second-order valence-corrected chi connectivity index (χ2v) is 9.45. The maximum absolute atomic E-state index is 12.3. The molecule has 2 aromatic rings. The molecule has 1 aromatic carbocycles. The van der Waals surface area contributed by atoms with Gasteiger partial charge < -0.3 is 10.1 Å². The maximum atomic E-state index is 12.3. The summed E-state index contributed by atoms with van der Waals surface area (Å²) in [5, 5.41) is 2.43. The fourth-order valence-corrected chi connectivity index (χ4v) is 3.65. The summed E-state index contributed by atoms with van der Waals surface area (Å²) in [5.74, 6) is -0.791. The Bertz CT molecular complexity index is 947. The van der Waals surface area contributed by atoms with Gasteiger partial charge in [0.05, 0.1) is 10.3 Å². The minimum atomic E-state index is -4.79. The summed E-state index contributed by atoms with van der Waals surface area (Å²) in [6.45, 7) is 1.62.